The van der Waals surface area contributed by atoms with Crippen molar-refractivity contribution in [2.75, 3.05) is 18.6 Å². The number of nitrogens with zero attached hydrogens (tertiary/aromatic N) is 1. The van der Waals surface area contributed by atoms with Crippen LogP contribution in [0.15, 0.2) is 53.4 Å². The minimum absolute atomic E-state index is 0.197. The van der Waals surface area contributed by atoms with E-state index in [9.17, 15) is 9.59 Å². The van der Waals surface area contributed by atoms with Gasteiger partial charge in [0.05, 0.1) is 29.9 Å². The van der Waals surface area contributed by atoms with E-state index in [4.69, 9.17) is 21.7 Å². The van der Waals surface area contributed by atoms with Gasteiger partial charge in [0.2, 0.25) is 0 Å². The molecule has 5 nitrogen and oxygen atoms in total. The van der Waals surface area contributed by atoms with Crippen molar-refractivity contribution in [3.8, 4) is 5.75 Å². The van der Waals surface area contributed by atoms with Gasteiger partial charge in [0.15, 0.2) is 4.32 Å². The zero-order valence-electron chi connectivity index (χ0n) is 14.8. The first-order chi connectivity index (χ1) is 13.0. The van der Waals surface area contributed by atoms with Crippen LogP contribution in [0, 0.1) is 0 Å². The molecule has 1 fully saturated rings. The molecule has 2 aromatic rings. The fourth-order valence-electron chi connectivity index (χ4n) is 2.53. The molecule has 0 aromatic heterocycles. The maximum atomic E-state index is 12.8. The van der Waals surface area contributed by atoms with E-state index in [1.54, 1.807) is 44.4 Å². The Bertz CT molecular complexity index is 922. The SMILES string of the molecule is CCOC(=O)c1ccc(N2C(=O)/C(=C\c3cccc(OC)c3)SC2=S)cc1. The molecule has 0 aliphatic carbocycles. The molecule has 1 aliphatic heterocycles. The van der Waals surface area contributed by atoms with Crippen LogP contribution in [0.4, 0.5) is 5.69 Å². The molecular weight excluding hydrogens is 382 g/mol. The molecule has 0 bridgehead atoms. The molecule has 0 atom stereocenters. The lowest BCUT2D eigenvalue weighted by atomic mass is 10.2. The summed E-state index contributed by atoms with van der Waals surface area (Å²) < 4.78 is 10.6. The lowest BCUT2D eigenvalue weighted by Crippen LogP contribution is -2.27. The average Bonchev–Trinajstić information content (AvgIpc) is 2.95. The van der Waals surface area contributed by atoms with Crippen molar-refractivity contribution in [3.05, 3.63) is 64.6 Å². The van der Waals surface area contributed by atoms with Crippen molar-refractivity contribution in [1.82, 2.24) is 0 Å². The second-order valence-corrected chi connectivity index (χ2v) is 7.24. The first-order valence-electron chi connectivity index (χ1n) is 8.22. The topological polar surface area (TPSA) is 55.8 Å². The third kappa shape index (κ3) is 4.20. The minimum Gasteiger partial charge on any atom is -0.497 e. The van der Waals surface area contributed by atoms with Crippen LogP contribution in [0.25, 0.3) is 6.08 Å². The molecule has 0 spiro atoms. The van der Waals surface area contributed by atoms with E-state index in [0.29, 0.717) is 32.8 Å². The summed E-state index contributed by atoms with van der Waals surface area (Å²) in [4.78, 5) is 26.6. The number of amides is 1. The van der Waals surface area contributed by atoms with Crippen LogP contribution < -0.4 is 9.64 Å². The lowest BCUT2D eigenvalue weighted by Gasteiger charge is -2.14. The van der Waals surface area contributed by atoms with Crippen LogP contribution in [-0.4, -0.2) is 29.9 Å². The molecule has 2 aromatic carbocycles. The second kappa shape index (κ2) is 8.37. The Hall–Kier alpha value is -2.64. The maximum Gasteiger partial charge on any atom is 0.338 e. The molecule has 138 valence electrons. The van der Waals surface area contributed by atoms with Gasteiger partial charge in [-0.1, -0.05) is 36.1 Å². The minimum atomic E-state index is -0.396. The molecule has 0 unspecified atom stereocenters. The number of rotatable bonds is 5. The third-order valence-corrected chi connectivity index (χ3v) is 5.12. The number of carbonyl (C=O) groups excluding carboxylic acids is 2. The van der Waals surface area contributed by atoms with Gasteiger partial charge in [0.1, 0.15) is 5.75 Å². The molecular formula is C20H17NO4S2. The molecule has 1 aliphatic rings. The highest BCUT2D eigenvalue weighted by Crippen LogP contribution is 2.36. The van der Waals surface area contributed by atoms with E-state index in [1.807, 2.05) is 24.3 Å². The van der Waals surface area contributed by atoms with Crippen molar-refractivity contribution in [2.45, 2.75) is 6.92 Å². The van der Waals surface area contributed by atoms with Crippen molar-refractivity contribution in [2.24, 2.45) is 0 Å². The van der Waals surface area contributed by atoms with Gasteiger partial charge in [-0.25, -0.2) is 4.79 Å². The number of thioether (sulfide) groups is 1. The van der Waals surface area contributed by atoms with Crippen molar-refractivity contribution >= 4 is 51.9 Å². The monoisotopic (exact) mass is 399 g/mol. The number of benzene rings is 2. The number of thiocarbonyl (C=S) groups is 1. The van der Waals surface area contributed by atoms with E-state index in [0.717, 1.165) is 5.56 Å². The second-order valence-electron chi connectivity index (χ2n) is 5.56. The van der Waals surface area contributed by atoms with Gasteiger partial charge in [-0.05, 0) is 55.0 Å². The Morgan fingerprint density at radius 1 is 1.22 bits per heavy atom. The number of hydrogen-bond donors (Lipinski definition) is 0. The van der Waals surface area contributed by atoms with Crippen LogP contribution in [0.5, 0.6) is 5.75 Å². The summed E-state index contributed by atoms with van der Waals surface area (Å²) in [5.74, 6) is 0.123. The molecule has 0 saturated carbocycles. The Kier molecular flexibility index (Phi) is 5.93. The lowest BCUT2D eigenvalue weighted by molar-refractivity contribution is -0.113. The van der Waals surface area contributed by atoms with Crippen molar-refractivity contribution < 1.29 is 19.1 Å². The van der Waals surface area contributed by atoms with Crippen LogP contribution in [0.3, 0.4) is 0 Å². The number of methoxy groups -OCH3 is 1. The first kappa shape index (κ1) is 19.1. The van der Waals surface area contributed by atoms with Gasteiger partial charge in [-0.3, -0.25) is 9.69 Å². The van der Waals surface area contributed by atoms with Gasteiger partial charge in [0.25, 0.3) is 5.91 Å². The summed E-state index contributed by atoms with van der Waals surface area (Å²) in [6, 6.07) is 14.1. The van der Waals surface area contributed by atoms with Gasteiger partial charge < -0.3 is 9.47 Å². The molecule has 0 radical (unpaired) electrons. The summed E-state index contributed by atoms with van der Waals surface area (Å²) >= 11 is 6.62. The molecule has 1 saturated heterocycles. The van der Waals surface area contributed by atoms with Crippen LogP contribution in [-0.2, 0) is 9.53 Å². The fraction of sp³-hybridized carbons (Fsp3) is 0.150. The van der Waals surface area contributed by atoms with E-state index in [-0.39, 0.29) is 5.91 Å². The fourth-order valence-corrected chi connectivity index (χ4v) is 3.83. The molecule has 3 rings (SSSR count). The largest absolute Gasteiger partial charge is 0.497 e. The highest BCUT2D eigenvalue weighted by atomic mass is 32.2. The predicted molar refractivity (Wildman–Crippen MR) is 111 cm³/mol. The Morgan fingerprint density at radius 2 is 1.96 bits per heavy atom. The number of carbonyl (C=O) groups is 2. The van der Waals surface area contributed by atoms with E-state index in [2.05, 4.69) is 0 Å². The summed E-state index contributed by atoms with van der Waals surface area (Å²) in [7, 11) is 1.60. The van der Waals surface area contributed by atoms with E-state index >= 15 is 0 Å². The Morgan fingerprint density at radius 3 is 2.63 bits per heavy atom. The van der Waals surface area contributed by atoms with Crippen LogP contribution >= 0.6 is 24.0 Å². The molecule has 1 amide bonds. The molecule has 7 heteroatoms. The predicted octanol–water partition coefficient (Wildman–Crippen LogP) is 4.28. The number of ether oxygens (including phenoxy) is 2. The van der Waals surface area contributed by atoms with Crippen molar-refractivity contribution in [1.29, 1.82) is 0 Å². The quantitative estimate of drug-likeness (QED) is 0.425. The Balaban J connectivity index is 1.83. The van der Waals surface area contributed by atoms with Gasteiger partial charge >= 0.3 is 5.97 Å². The zero-order valence-corrected chi connectivity index (χ0v) is 16.4. The summed E-state index contributed by atoms with van der Waals surface area (Å²) in [5.41, 5.74) is 1.89. The van der Waals surface area contributed by atoms with Crippen LogP contribution in [0.1, 0.15) is 22.8 Å². The van der Waals surface area contributed by atoms with Crippen LogP contribution in [0.2, 0.25) is 0 Å². The maximum absolute atomic E-state index is 12.8. The smallest absolute Gasteiger partial charge is 0.338 e. The average molecular weight is 399 g/mol. The van der Waals surface area contributed by atoms with E-state index < -0.39 is 5.97 Å². The standard InChI is InChI=1S/C20H17NO4S2/c1-3-25-19(23)14-7-9-15(10-8-14)21-18(22)17(27-20(21)26)12-13-5-4-6-16(11-13)24-2/h4-12H,3H2,1-2H3/b17-12+. The Labute approximate surface area is 167 Å². The number of esters is 1. The number of hydrogen-bond acceptors (Lipinski definition) is 6. The van der Waals surface area contributed by atoms with Gasteiger partial charge in [-0.2, -0.15) is 0 Å². The molecule has 0 N–H and O–H groups in total. The summed E-state index contributed by atoms with van der Waals surface area (Å²) in [6.45, 7) is 2.06. The molecule has 27 heavy (non-hydrogen) atoms. The van der Waals surface area contributed by atoms with Gasteiger partial charge in [-0.15, -0.1) is 0 Å². The molecule has 1 heterocycles. The first-order valence-corrected chi connectivity index (χ1v) is 9.45. The van der Waals surface area contributed by atoms with E-state index in [1.165, 1.54) is 16.7 Å². The summed E-state index contributed by atoms with van der Waals surface area (Å²) in [5, 5.41) is 0. The summed E-state index contributed by atoms with van der Waals surface area (Å²) in [6.07, 6.45) is 1.79. The van der Waals surface area contributed by atoms with Crippen molar-refractivity contribution in [3.63, 3.8) is 0 Å². The van der Waals surface area contributed by atoms with Gasteiger partial charge in [0, 0.05) is 0 Å². The normalized spacial score (nSPS) is 15.3. The highest BCUT2D eigenvalue weighted by Gasteiger charge is 2.33. The highest BCUT2D eigenvalue weighted by molar-refractivity contribution is 8.27. The zero-order chi connectivity index (χ0) is 19.4. The third-order valence-electron chi connectivity index (χ3n) is 3.82. The number of anilines is 1.